The summed E-state index contributed by atoms with van der Waals surface area (Å²) < 4.78 is 12.8. The Balaban J connectivity index is 2.60. The summed E-state index contributed by atoms with van der Waals surface area (Å²) in [5, 5.41) is 8.54. The number of aromatic nitrogens is 2. The van der Waals surface area contributed by atoms with E-state index in [4.69, 9.17) is 11.6 Å². The van der Waals surface area contributed by atoms with Crippen molar-refractivity contribution in [3.05, 3.63) is 11.2 Å². The highest BCUT2D eigenvalue weighted by atomic mass is 35.5. The molecule has 0 aliphatic heterocycles. The first-order valence-corrected chi connectivity index (χ1v) is 4.16. The number of carbonyl (C=O) groups excluding carboxylic acids is 1. The number of halogens is 2. The Morgan fingerprint density at radius 3 is 3.08 bits per heavy atom. The maximum atomic E-state index is 12.8. The molecular formula is C7H9ClFN3O. The molecule has 1 heterocycles. The van der Waals surface area contributed by atoms with Crippen molar-refractivity contribution in [2.24, 2.45) is 0 Å². The van der Waals surface area contributed by atoms with Gasteiger partial charge in [-0.25, -0.2) is 4.39 Å². The zero-order valence-corrected chi connectivity index (χ0v) is 7.73. The van der Waals surface area contributed by atoms with Crippen LogP contribution in [0.2, 0.25) is 5.02 Å². The zero-order valence-electron chi connectivity index (χ0n) is 6.97. The Hall–Kier alpha value is -1.10. The van der Waals surface area contributed by atoms with Gasteiger partial charge in [0, 0.05) is 0 Å². The van der Waals surface area contributed by atoms with Crippen molar-refractivity contribution >= 4 is 23.3 Å². The third-order valence-corrected chi connectivity index (χ3v) is 1.77. The Morgan fingerprint density at radius 2 is 2.62 bits per heavy atom. The summed E-state index contributed by atoms with van der Waals surface area (Å²) in [5.74, 6) is -0.489. The molecule has 1 aromatic rings. The molecule has 0 bridgehead atoms. The largest absolute Gasteiger partial charge is 0.307 e. The number of hydrogen-bond acceptors (Lipinski definition) is 2. The molecule has 0 aliphatic carbocycles. The van der Waals surface area contributed by atoms with E-state index in [1.54, 1.807) is 6.92 Å². The average molecular weight is 206 g/mol. The highest BCUT2D eigenvalue weighted by molar-refractivity contribution is 6.33. The molecule has 0 saturated heterocycles. The lowest BCUT2D eigenvalue weighted by atomic mass is 10.3. The summed E-state index contributed by atoms with van der Waals surface area (Å²) in [5.41, 5.74) is 0. The third-order valence-electron chi connectivity index (χ3n) is 1.48. The molecule has 13 heavy (non-hydrogen) atoms. The molecule has 0 fully saturated rings. The standard InChI is InChI=1S/C7H9ClFN3O/c1-2-5(9)7(13)11-6-4(8)3-10-12-6/h3,5H,2H2,1H3,(H2,10,11,12,13). The molecule has 6 heteroatoms. The van der Waals surface area contributed by atoms with Crippen molar-refractivity contribution in [1.29, 1.82) is 0 Å². The van der Waals surface area contributed by atoms with E-state index < -0.39 is 12.1 Å². The van der Waals surface area contributed by atoms with Crippen molar-refractivity contribution in [3.8, 4) is 0 Å². The first kappa shape index (κ1) is 9.98. The van der Waals surface area contributed by atoms with Gasteiger partial charge in [0.05, 0.1) is 6.20 Å². The van der Waals surface area contributed by atoms with Gasteiger partial charge in [-0.3, -0.25) is 9.89 Å². The molecule has 1 amide bonds. The number of anilines is 1. The second-order valence-corrected chi connectivity index (χ2v) is 2.87. The predicted octanol–water partition coefficient (Wildman–Crippen LogP) is 1.75. The van der Waals surface area contributed by atoms with Crippen LogP contribution in [-0.2, 0) is 4.79 Å². The molecule has 2 N–H and O–H groups in total. The number of nitrogens with one attached hydrogen (secondary N) is 2. The molecule has 0 aromatic carbocycles. The van der Waals surface area contributed by atoms with Gasteiger partial charge in [0.1, 0.15) is 10.8 Å². The maximum Gasteiger partial charge on any atom is 0.260 e. The number of carbonyl (C=O) groups is 1. The second kappa shape index (κ2) is 4.23. The van der Waals surface area contributed by atoms with Gasteiger partial charge in [-0.1, -0.05) is 18.5 Å². The van der Waals surface area contributed by atoms with E-state index in [-0.39, 0.29) is 17.3 Å². The average Bonchev–Trinajstić information content (AvgIpc) is 2.50. The van der Waals surface area contributed by atoms with Gasteiger partial charge in [-0.05, 0) is 6.42 Å². The molecule has 0 radical (unpaired) electrons. The molecule has 1 atom stereocenters. The molecule has 4 nitrogen and oxygen atoms in total. The van der Waals surface area contributed by atoms with Gasteiger partial charge in [-0.15, -0.1) is 0 Å². The number of rotatable bonds is 3. The van der Waals surface area contributed by atoms with Gasteiger partial charge in [-0.2, -0.15) is 5.10 Å². The SMILES string of the molecule is CCC(F)C(=O)Nc1[nH]ncc1Cl. The van der Waals surface area contributed by atoms with Crippen LogP contribution in [0.1, 0.15) is 13.3 Å². The molecule has 0 spiro atoms. The van der Waals surface area contributed by atoms with Crippen LogP contribution >= 0.6 is 11.6 Å². The lowest BCUT2D eigenvalue weighted by Gasteiger charge is -2.04. The fourth-order valence-corrected chi connectivity index (χ4v) is 0.884. The van der Waals surface area contributed by atoms with E-state index in [2.05, 4.69) is 15.5 Å². The quantitative estimate of drug-likeness (QED) is 0.790. The van der Waals surface area contributed by atoms with Crippen molar-refractivity contribution < 1.29 is 9.18 Å². The summed E-state index contributed by atoms with van der Waals surface area (Å²) >= 11 is 5.60. The van der Waals surface area contributed by atoms with Crippen LogP contribution in [0.3, 0.4) is 0 Å². The Labute approximate surface area is 79.5 Å². The molecular weight excluding hydrogens is 197 g/mol. The first-order chi connectivity index (χ1) is 6.15. The Morgan fingerprint density at radius 1 is 1.92 bits per heavy atom. The minimum Gasteiger partial charge on any atom is -0.307 e. The fourth-order valence-electron chi connectivity index (χ4n) is 0.746. The number of aromatic amines is 1. The van der Waals surface area contributed by atoms with Gasteiger partial charge in [0.2, 0.25) is 0 Å². The van der Waals surface area contributed by atoms with Gasteiger partial charge in [0.15, 0.2) is 6.17 Å². The summed E-state index contributed by atoms with van der Waals surface area (Å²) in [6.45, 7) is 1.58. The van der Waals surface area contributed by atoms with Crippen LogP contribution in [0.4, 0.5) is 10.2 Å². The third kappa shape index (κ3) is 2.42. The molecule has 1 rings (SSSR count). The van der Waals surface area contributed by atoms with Crippen LogP contribution < -0.4 is 5.32 Å². The molecule has 1 aromatic heterocycles. The van der Waals surface area contributed by atoms with E-state index in [1.807, 2.05) is 0 Å². The van der Waals surface area contributed by atoms with Gasteiger partial charge >= 0.3 is 0 Å². The van der Waals surface area contributed by atoms with Crippen LogP contribution in [0.25, 0.3) is 0 Å². The van der Waals surface area contributed by atoms with E-state index in [0.29, 0.717) is 0 Å². The minimum atomic E-state index is -1.51. The van der Waals surface area contributed by atoms with E-state index in [0.717, 1.165) is 0 Å². The smallest absolute Gasteiger partial charge is 0.260 e. The summed E-state index contributed by atoms with van der Waals surface area (Å²) in [6, 6.07) is 0. The second-order valence-electron chi connectivity index (χ2n) is 2.46. The van der Waals surface area contributed by atoms with Crippen molar-refractivity contribution in [2.75, 3.05) is 5.32 Å². The van der Waals surface area contributed by atoms with E-state index in [9.17, 15) is 9.18 Å². The topological polar surface area (TPSA) is 57.8 Å². The normalized spacial score (nSPS) is 12.5. The molecule has 72 valence electrons. The highest BCUT2D eigenvalue weighted by Crippen LogP contribution is 2.17. The lowest BCUT2D eigenvalue weighted by molar-refractivity contribution is -0.120. The van der Waals surface area contributed by atoms with E-state index in [1.165, 1.54) is 6.20 Å². The number of H-pyrrole nitrogens is 1. The predicted molar refractivity (Wildman–Crippen MR) is 47.4 cm³/mol. The maximum absolute atomic E-state index is 12.8. The number of alkyl halides is 1. The summed E-state index contributed by atoms with van der Waals surface area (Å²) in [4.78, 5) is 11.0. The number of hydrogen-bond donors (Lipinski definition) is 2. The van der Waals surface area contributed by atoms with Crippen LogP contribution in [0.15, 0.2) is 6.20 Å². The fraction of sp³-hybridized carbons (Fsp3) is 0.429. The Kier molecular flexibility index (Phi) is 3.25. The molecule has 0 saturated carbocycles. The van der Waals surface area contributed by atoms with Gasteiger partial charge in [0.25, 0.3) is 5.91 Å². The van der Waals surface area contributed by atoms with Crippen molar-refractivity contribution in [3.63, 3.8) is 0 Å². The molecule has 0 aliphatic rings. The van der Waals surface area contributed by atoms with Crippen molar-refractivity contribution in [1.82, 2.24) is 10.2 Å². The lowest BCUT2D eigenvalue weighted by Crippen LogP contribution is -2.23. The van der Waals surface area contributed by atoms with Gasteiger partial charge < -0.3 is 5.32 Å². The van der Waals surface area contributed by atoms with Crippen molar-refractivity contribution in [2.45, 2.75) is 19.5 Å². The monoisotopic (exact) mass is 205 g/mol. The van der Waals surface area contributed by atoms with E-state index >= 15 is 0 Å². The van der Waals surface area contributed by atoms with Crippen LogP contribution in [-0.4, -0.2) is 22.3 Å². The molecule has 1 unspecified atom stereocenters. The number of nitrogens with zero attached hydrogens (tertiary/aromatic N) is 1. The first-order valence-electron chi connectivity index (χ1n) is 3.79. The summed E-state index contributed by atoms with van der Waals surface area (Å²) in [7, 11) is 0. The summed E-state index contributed by atoms with van der Waals surface area (Å²) in [6.07, 6.45) is -0.0483. The van der Waals surface area contributed by atoms with Crippen LogP contribution in [0, 0.1) is 0 Å². The van der Waals surface area contributed by atoms with Crippen LogP contribution in [0.5, 0.6) is 0 Å². The number of amides is 1. The minimum absolute atomic E-state index is 0.136. The highest BCUT2D eigenvalue weighted by Gasteiger charge is 2.16. The Bertz CT molecular complexity index is 302. The zero-order chi connectivity index (χ0) is 9.84.